The van der Waals surface area contributed by atoms with E-state index in [2.05, 4.69) is 10.6 Å². The van der Waals surface area contributed by atoms with Gasteiger partial charge >= 0.3 is 0 Å². The molecule has 0 aromatic heterocycles. The number of halogens is 1. The third-order valence-electron chi connectivity index (χ3n) is 2.95. The van der Waals surface area contributed by atoms with Gasteiger partial charge in [0.15, 0.2) is 5.11 Å². The monoisotopic (exact) mass is 380 g/mol. The number of carbonyl (C=O) groups is 1. The minimum absolute atomic E-state index is 0.0176. The van der Waals surface area contributed by atoms with Gasteiger partial charge in [0.2, 0.25) is 0 Å². The highest BCUT2D eigenvalue weighted by atomic mass is 35.5. The molecule has 0 spiro atoms. The number of thiocarbonyl (C=S) groups is 1. The molecule has 2 aromatic rings. The van der Waals surface area contributed by atoms with E-state index < -0.39 is 15.8 Å². The zero-order chi connectivity index (χ0) is 18.6. The number of nitrogens with zero attached hydrogens (tertiary/aromatic N) is 2. The molecule has 0 radical (unpaired) electrons. The van der Waals surface area contributed by atoms with E-state index in [0.29, 0.717) is 0 Å². The van der Waals surface area contributed by atoms with Crippen molar-refractivity contribution < 1.29 is 14.6 Å². The molecule has 128 valence electrons. The maximum absolute atomic E-state index is 12.1. The Morgan fingerprint density at radius 1 is 1.08 bits per heavy atom. The van der Waals surface area contributed by atoms with Crippen LogP contribution in [0.15, 0.2) is 42.5 Å². The van der Waals surface area contributed by atoms with E-state index >= 15 is 0 Å². The van der Waals surface area contributed by atoms with E-state index in [9.17, 15) is 25.0 Å². The predicted octanol–water partition coefficient (Wildman–Crippen LogP) is 3.28. The molecule has 0 saturated carbocycles. The van der Waals surface area contributed by atoms with Crippen LogP contribution >= 0.6 is 23.8 Å². The van der Waals surface area contributed by atoms with Crippen LogP contribution in [0.5, 0.6) is 0 Å². The molecule has 0 saturated heterocycles. The van der Waals surface area contributed by atoms with Gasteiger partial charge in [-0.05, 0) is 30.4 Å². The first-order chi connectivity index (χ1) is 11.8. The Bertz CT molecular complexity index is 889. The second-order valence-corrected chi connectivity index (χ2v) is 5.48. The molecule has 11 heteroatoms. The van der Waals surface area contributed by atoms with Crippen molar-refractivity contribution in [2.45, 2.75) is 0 Å². The molecule has 2 N–H and O–H groups in total. The van der Waals surface area contributed by atoms with Gasteiger partial charge in [0, 0.05) is 28.8 Å². The van der Waals surface area contributed by atoms with Gasteiger partial charge in [0.1, 0.15) is 5.69 Å². The maximum atomic E-state index is 12.1. The average molecular weight is 381 g/mol. The van der Waals surface area contributed by atoms with Crippen molar-refractivity contribution in [3.05, 3.63) is 73.3 Å². The molecular weight excluding hydrogens is 372 g/mol. The molecule has 2 rings (SSSR count). The molecule has 0 atom stereocenters. The van der Waals surface area contributed by atoms with Crippen molar-refractivity contribution in [2.24, 2.45) is 0 Å². The number of nitro benzene ring substituents is 2. The van der Waals surface area contributed by atoms with Gasteiger partial charge in [-0.3, -0.25) is 30.3 Å². The first-order valence-corrected chi connectivity index (χ1v) is 7.37. The summed E-state index contributed by atoms with van der Waals surface area (Å²) in [6.45, 7) is 0. The van der Waals surface area contributed by atoms with E-state index in [-0.39, 0.29) is 32.8 Å². The van der Waals surface area contributed by atoms with Crippen molar-refractivity contribution in [3.63, 3.8) is 0 Å². The summed E-state index contributed by atoms with van der Waals surface area (Å²) in [5.41, 5.74) is -0.512. The van der Waals surface area contributed by atoms with E-state index in [1.54, 1.807) is 0 Å². The summed E-state index contributed by atoms with van der Waals surface area (Å²) in [6.07, 6.45) is 0. The molecule has 0 bridgehead atoms. The molecule has 0 aliphatic carbocycles. The molecule has 1 amide bonds. The van der Waals surface area contributed by atoms with Crippen LogP contribution in [-0.4, -0.2) is 20.9 Å². The number of nitrogens with one attached hydrogen (secondary N) is 2. The van der Waals surface area contributed by atoms with Gasteiger partial charge in [-0.15, -0.1) is 0 Å². The van der Waals surface area contributed by atoms with Crippen LogP contribution in [0.3, 0.4) is 0 Å². The zero-order valence-corrected chi connectivity index (χ0v) is 13.8. The maximum Gasteiger partial charge on any atom is 0.294 e. The first kappa shape index (κ1) is 18.2. The Balaban J connectivity index is 2.13. The number of anilines is 1. The van der Waals surface area contributed by atoms with Crippen LogP contribution < -0.4 is 10.6 Å². The Morgan fingerprint density at radius 3 is 2.44 bits per heavy atom. The highest BCUT2D eigenvalue weighted by Crippen LogP contribution is 2.27. The minimum atomic E-state index is -0.696. The fourth-order valence-electron chi connectivity index (χ4n) is 1.85. The highest BCUT2D eigenvalue weighted by Gasteiger charge is 2.17. The Labute approximate surface area is 150 Å². The van der Waals surface area contributed by atoms with Crippen molar-refractivity contribution >= 4 is 51.9 Å². The van der Waals surface area contributed by atoms with Crippen LogP contribution in [0.25, 0.3) is 0 Å². The van der Waals surface area contributed by atoms with Crippen LogP contribution in [0.2, 0.25) is 5.02 Å². The van der Waals surface area contributed by atoms with Crippen molar-refractivity contribution in [1.82, 2.24) is 5.32 Å². The molecule has 25 heavy (non-hydrogen) atoms. The molecular formula is C14H9ClN4O5S. The lowest BCUT2D eigenvalue weighted by Gasteiger charge is -2.10. The van der Waals surface area contributed by atoms with Crippen LogP contribution in [0.4, 0.5) is 17.1 Å². The number of nitro groups is 2. The number of benzene rings is 2. The Kier molecular flexibility index (Phi) is 5.57. The summed E-state index contributed by atoms with van der Waals surface area (Å²) in [5.74, 6) is -0.696. The molecule has 0 aliphatic heterocycles. The quantitative estimate of drug-likeness (QED) is 0.473. The number of rotatable bonds is 4. The summed E-state index contributed by atoms with van der Waals surface area (Å²) in [5, 5.41) is 26.5. The van der Waals surface area contributed by atoms with Crippen LogP contribution in [0, 0.1) is 20.2 Å². The number of carbonyl (C=O) groups excluding carboxylic acids is 1. The lowest BCUT2D eigenvalue weighted by atomic mass is 10.2. The Hall–Kier alpha value is -3.11. The molecule has 2 aromatic carbocycles. The van der Waals surface area contributed by atoms with Gasteiger partial charge in [0.25, 0.3) is 17.3 Å². The normalized spacial score (nSPS) is 9.96. The number of hydrogen-bond donors (Lipinski definition) is 2. The standard InChI is InChI=1S/C14H9ClN4O5S/c15-9-4-5-11(12(7-9)19(23)24)16-14(25)17-13(20)8-2-1-3-10(6-8)18(21)22/h1-7H,(H2,16,17,20,25). The smallest absolute Gasteiger partial charge is 0.294 e. The third-order valence-corrected chi connectivity index (χ3v) is 3.39. The summed E-state index contributed by atoms with van der Waals surface area (Å²) >= 11 is 10.7. The second-order valence-electron chi connectivity index (χ2n) is 4.63. The predicted molar refractivity (Wildman–Crippen MR) is 94.9 cm³/mol. The Morgan fingerprint density at radius 2 is 1.80 bits per heavy atom. The van der Waals surface area contributed by atoms with E-state index in [1.807, 2.05) is 0 Å². The van der Waals surface area contributed by atoms with E-state index in [4.69, 9.17) is 23.8 Å². The largest absolute Gasteiger partial charge is 0.327 e. The average Bonchev–Trinajstić information content (AvgIpc) is 2.56. The van der Waals surface area contributed by atoms with E-state index in [1.165, 1.54) is 30.3 Å². The molecule has 0 heterocycles. The van der Waals surface area contributed by atoms with Crippen molar-refractivity contribution in [2.75, 3.05) is 5.32 Å². The lowest BCUT2D eigenvalue weighted by Crippen LogP contribution is -2.34. The van der Waals surface area contributed by atoms with Crippen molar-refractivity contribution in [1.29, 1.82) is 0 Å². The summed E-state index contributed by atoms with van der Waals surface area (Å²) in [7, 11) is 0. The summed E-state index contributed by atoms with van der Waals surface area (Å²) < 4.78 is 0. The topological polar surface area (TPSA) is 127 Å². The highest BCUT2D eigenvalue weighted by molar-refractivity contribution is 7.80. The molecule has 9 nitrogen and oxygen atoms in total. The number of hydrogen-bond acceptors (Lipinski definition) is 6. The van der Waals surface area contributed by atoms with Gasteiger partial charge in [-0.2, -0.15) is 0 Å². The minimum Gasteiger partial charge on any atom is -0.327 e. The lowest BCUT2D eigenvalue weighted by molar-refractivity contribution is -0.384. The van der Waals surface area contributed by atoms with Gasteiger partial charge < -0.3 is 5.32 Å². The fraction of sp³-hybridized carbons (Fsp3) is 0. The second kappa shape index (κ2) is 7.64. The van der Waals surface area contributed by atoms with E-state index in [0.717, 1.165) is 12.1 Å². The molecule has 0 aliphatic rings. The van der Waals surface area contributed by atoms with Gasteiger partial charge in [-0.1, -0.05) is 17.7 Å². The number of non-ortho nitro benzene ring substituents is 1. The zero-order valence-electron chi connectivity index (χ0n) is 12.3. The first-order valence-electron chi connectivity index (χ1n) is 6.58. The third kappa shape index (κ3) is 4.68. The van der Waals surface area contributed by atoms with Gasteiger partial charge in [-0.25, -0.2) is 0 Å². The van der Waals surface area contributed by atoms with Gasteiger partial charge in [0.05, 0.1) is 9.85 Å². The molecule has 0 unspecified atom stereocenters. The summed E-state index contributed by atoms with van der Waals surface area (Å²) in [4.78, 5) is 32.5. The molecule has 0 fully saturated rings. The summed E-state index contributed by atoms with van der Waals surface area (Å²) in [6, 6.07) is 8.94. The number of amides is 1. The van der Waals surface area contributed by atoms with Crippen LogP contribution in [-0.2, 0) is 0 Å². The SMILES string of the molecule is O=C(NC(=S)Nc1ccc(Cl)cc1[N+](=O)[O-])c1cccc([N+](=O)[O-])c1. The van der Waals surface area contributed by atoms with Crippen LogP contribution in [0.1, 0.15) is 10.4 Å². The van der Waals surface area contributed by atoms with Crippen molar-refractivity contribution in [3.8, 4) is 0 Å². The fourth-order valence-corrected chi connectivity index (χ4v) is 2.22.